The number of nitrogens with one attached hydrogen (secondary N) is 2. The Bertz CT molecular complexity index is 557. The zero-order valence-electron chi connectivity index (χ0n) is 12.5. The molecule has 1 atom stereocenters. The van der Waals surface area contributed by atoms with Gasteiger partial charge in [-0.15, -0.1) is 0 Å². The van der Waals surface area contributed by atoms with Crippen molar-refractivity contribution in [3.63, 3.8) is 0 Å². The van der Waals surface area contributed by atoms with Crippen LogP contribution in [-0.2, 0) is 4.79 Å². The molecular weight excluding hydrogens is 266 g/mol. The first-order valence-corrected chi connectivity index (χ1v) is 7.25. The number of carbonyl (C=O) groups is 1. The molecule has 1 aliphatic heterocycles. The van der Waals surface area contributed by atoms with Crippen LogP contribution in [0.3, 0.4) is 0 Å². The van der Waals surface area contributed by atoms with Crippen LogP contribution in [0.15, 0.2) is 18.2 Å². The van der Waals surface area contributed by atoms with Crippen molar-refractivity contribution in [3.8, 4) is 11.8 Å². The molecule has 2 rings (SSSR count). The van der Waals surface area contributed by atoms with Crippen LogP contribution in [0, 0.1) is 16.7 Å². The number of amides is 1. The first kappa shape index (κ1) is 15.3. The molecule has 1 aromatic carbocycles. The minimum Gasteiger partial charge on any atom is -0.495 e. The summed E-state index contributed by atoms with van der Waals surface area (Å²) in [7, 11) is 1.53. The summed E-state index contributed by atoms with van der Waals surface area (Å²) in [5.41, 5.74) is 0.756. The van der Waals surface area contributed by atoms with E-state index < -0.39 is 0 Å². The molecule has 0 aliphatic carbocycles. The SMILES string of the molecule is CCC1(C(=O)Nc2ccc(C#N)cc2OC)CCCNC1. The minimum absolute atomic E-state index is 0.0141. The topological polar surface area (TPSA) is 74.2 Å². The molecule has 1 saturated heterocycles. The monoisotopic (exact) mass is 287 g/mol. The molecule has 1 fully saturated rings. The second-order valence-electron chi connectivity index (χ2n) is 5.40. The highest BCUT2D eigenvalue weighted by Crippen LogP contribution is 2.33. The van der Waals surface area contributed by atoms with Crippen LogP contribution in [0.2, 0.25) is 0 Å². The molecule has 0 saturated carbocycles. The average molecular weight is 287 g/mol. The molecule has 1 amide bonds. The number of hydrogen-bond acceptors (Lipinski definition) is 4. The van der Waals surface area contributed by atoms with Crippen LogP contribution in [0.5, 0.6) is 5.75 Å². The maximum Gasteiger partial charge on any atom is 0.231 e. The predicted molar refractivity (Wildman–Crippen MR) is 81.2 cm³/mol. The number of carbonyl (C=O) groups excluding carboxylic acids is 1. The summed E-state index contributed by atoms with van der Waals surface area (Å²) in [6.45, 7) is 3.71. The van der Waals surface area contributed by atoms with Crippen molar-refractivity contribution in [2.45, 2.75) is 26.2 Å². The molecule has 1 unspecified atom stereocenters. The van der Waals surface area contributed by atoms with Crippen LogP contribution in [0.1, 0.15) is 31.7 Å². The number of ether oxygens (including phenoxy) is 1. The lowest BCUT2D eigenvalue weighted by atomic mass is 9.77. The molecule has 0 bridgehead atoms. The highest BCUT2D eigenvalue weighted by Gasteiger charge is 2.38. The van der Waals surface area contributed by atoms with Crippen molar-refractivity contribution < 1.29 is 9.53 Å². The Balaban J connectivity index is 2.20. The fourth-order valence-corrected chi connectivity index (χ4v) is 2.74. The second-order valence-corrected chi connectivity index (χ2v) is 5.40. The van der Waals surface area contributed by atoms with Gasteiger partial charge in [0.2, 0.25) is 5.91 Å². The van der Waals surface area contributed by atoms with Gasteiger partial charge in [-0.3, -0.25) is 4.79 Å². The third-order valence-electron chi connectivity index (χ3n) is 4.21. The minimum atomic E-state index is -0.364. The van der Waals surface area contributed by atoms with Crippen molar-refractivity contribution in [3.05, 3.63) is 23.8 Å². The van der Waals surface area contributed by atoms with Crippen LogP contribution in [0.25, 0.3) is 0 Å². The Morgan fingerprint density at radius 2 is 2.38 bits per heavy atom. The highest BCUT2D eigenvalue weighted by molar-refractivity contribution is 5.96. The average Bonchev–Trinajstić information content (AvgIpc) is 2.55. The van der Waals surface area contributed by atoms with E-state index in [9.17, 15) is 4.79 Å². The zero-order valence-corrected chi connectivity index (χ0v) is 12.5. The number of rotatable bonds is 4. The number of methoxy groups -OCH3 is 1. The van der Waals surface area contributed by atoms with E-state index in [1.165, 1.54) is 7.11 Å². The fraction of sp³-hybridized carbons (Fsp3) is 0.500. The van der Waals surface area contributed by atoms with Gasteiger partial charge >= 0.3 is 0 Å². The number of nitrogens with zero attached hydrogens (tertiary/aromatic N) is 1. The van der Waals surface area contributed by atoms with Gasteiger partial charge in [-0.2, -0.15) is 5.26 Å². The summed E-state index contributed by atoms with van der Waals surface area (Å²) in [6.07, 6.45) is 2.69. The molecule has 0 aromatic heterocycles. The quantitative estimate of drug-likeness (QED) is 0.891. The molecule has 5 heteroatoms. The van der Waals surface area contributed by atoms with Crippen LogP contribution in [0.4, 0.5) is 5.69 Å². The molecule has 0 radical (unpaired) electrons. The van der Waals surface area contributed by atoms with Gasteiger partial charge in [-0.25, -0.2) is 0 Å². The molecule has 21 heavy (non-hydrogen) atoms. The second kappa shape index (κ2) is 6.59. The van der Waals surface area contributed by atoms with Gasteiger partial charge in [-0.1, -0.05) is 6.92 Å². The maximum absolute atomic E-state index is 12.7. The van der Waals surface area contributed by atoms with E-state index >= 15 is 0 Å². The van der Waals surface area contributed by atoms with Crippen molar-refractivity contribution in [1.82, 2.24) is 5.32 Å². The number of hydrogen-bond donors (Lipinski definition) is 2. The van der Waals surface area contributed by atoms with Crippen LogP contribution < -0.4 is 15.4 Å². The largest absolute Gasteiger partial charge is 0.495 e. The first-order chi connectivity index (χ1) is 10.1. The van der Waals surface area contributed by atoms with Gasteiger partial charge < -0.3 is 15.4 Å². The lowest BCUT2D eigenvalue weighted by Gasteiger charge is -2.35. The molecule has 2 N–H and O–H groups in total. The molecule has 0 spiro atoms. The van der Waals surface area contributed by atoms with Gasteiger partial charge in [0.05, 0.1) is 29.8 Å². The standard InChI is InChI=1S/C16H21N3O2/c1-3-16(7-4-8-18-11-16)15(20)19-13-6-5-12(10-17)9-14(13)21-2/h5-6,9,18H,3-4,7-8,11H2,1-2H3,(H,19,20). The Morgan fingerprint density at radius 1 is 1.57 bits per heavy atom. The summed E-state index contributed by atoms with van der Waals surface area (Å²) in [5.74, 6) is 0.526. The number of piperidine rings is 1. The lowest BCUT2D eigenvalue weighted by molar-refractivity contribution is -0.126. The molecule has 1 heterocycles. The normalized spacial score (nSPS) is 21.4. The van der Waals surface area contributed by atoms with Crippen molar-refractivity contribution in [2.75, 3.05) is 25.5 Å². The van der Waals surface area contributed by atoms with Crippen LogP contribution in [-0.4, -0.2) is 26.1 Å². The van der Waals surface area contributed by atoms with Gasteiger partial charge in [-0.05, 0) is 37.9 Å². The summed E-state index contributed by atoms with van der Waals surface area (Å²) in [5, 5.41) is 15.2. The molecule has 5 nitrogen and oxygen atoms in total. The number of anilines is 1. The Morgan fingerprint density at radius 3 is 2.95 bits per heavy atom. The summed E-state index contributed by atoms with van der Waals surface area (Å²) < 4.78 is 5.26. The Kier molecular flexibility index (Phi) is 4.81. The summed E-state index contributed by atoms with van der Waals surface area (Å²) in [4.78, 5) is 12.7. The van der Waals surface area contributed by atoms with E-state index in [0.29, 0.717) is 23.5 Å². The molecule has 112 valence electrons. The molecule has 1 aromatic rings. The Hall–Kier alpha value is -2.06. The van der Waals surface area contributed by atoms with E-state index in [4.69, 9.17) is 10.00 Å². The summed E-state index contributed by atoms with van der Waals surface area (Å²) >= 11 is 0. The van der Waals surface area contributed by atoms with Gasteiger partial charge in [0, 0.05) is 12.6 Å². The van der Waals surface area contributed by atoms with Crippen molar-refractivity contribution in [1.29, 1.82) is 5.26 Å². The third-order valence-corrected chi connectivity index (χ3v) is 4.21. The highest BCUT2D eigenvalue weighted by atomic mass is 16.5. The molecule has 1 aliphatic rings. The van der Waals surface area contributed by atoms with E-state index in [2.05, 4.69) is 16.7 Å². The number of nitriles is 1. The molecular formula is C16H21N3O2. The fourth-order valence-electron chi connectivity index (χ4n) is 2.74. The lowest BCUT2D eigenvalue weighted by Crippen LogP contribution is -2.47. The predicted octanol–water partition coefficient (Wildman–Crippen LogP) is 2.29. The zero-order chi connectivity index (χ0) is 15.3. The van der Waals surface area contributed by atoms with Gasteiger partial charge in [0.25, 0.3) is 0 Å². The summed E-state index contributed by atoms with van der Waals surface area (Å²) in [6, 6.07) is 7.09. The van der Waals surface area contributed by atoms with Gasteiger partial charge in [0.1, 0.15) is 5.75 Å². The van der Waals surface area contributed by atoms with Gasteiger partial charge in [0.15, 0.2) is 0 Å². The van der Waals surface area contributed by atoms with E-state index in [0.717, 1.165) is 25.8 Å². The maximum atomic E-state index is 12.7. The van der Waals surface area contributed by atoms with Crippen molar-refractivity contribution in [2.24, 2.45) is 5.41 Å². The smallest absolute Gasteiger partial charge is 0.231 e. The van der Waals surface area contributed by atoms with Crippen molar-refractivity contribution >= 4 is 11.6 Å². The van der Waals surface area contributed by atoms with Crippen LogP contribution >= 0.6 is 0 Å². The Labute approximate surface area is 125 Å². The van der Waals surface area contributed by atoms with E-state index in [1.807, 2.05) is 6.92 Å². The van der Waals surface area contributed by atoms with E-state index in [-0.39, 0.29) is 11.3 Å². The van der Waals surface area contributed by atoms with E-state index in [1.54, 1.807) is 18.2 Å². The third kappa shape index (κ3) is 3.17. The first-order valence-electron chi connectivity index (χ1n) is 7.25. The number of benzene rings is 1.